The zero-order chi connectivity index (χ0) is 21.8. The normalized spacial score (nSPS) is 26.4. The lowest BCUT2D eigenvalue weighted by Gasteiger charge is -2.39. The van der Waals surface area contributed by atoms with E-state index in [1.54, 1.807) is 12.1 Å². The lowest BCUT2D eigenvalue weighted by molar-refractivity contribution is -0.151. The maximum Gasteiger partial charge on any atom is 0.311 e. The first kappa shape index (κ1) is 22.1. The molecule has 0 aromatic heterocycles. The van der Waals surface area contributed by atoms with Crippen molar-refractivity contribution in [1.82, 2.24) is 4.90 Å². The largest absolute Gasteiger partial charge is 0.495 e. The van der Waals surface area contributed by atoms with Crippen LogP contribution in [0.25, 0.3) is 0 Å². The van der Waals surface area contributed by atoms with Crippen LogP contribution in [0.1, 0.15) is 45.1 Å². The Morgan fingerprint density at radius 3 is 2.73 bits per heavy atom. The first-order valence-corrected chi connectivity index (χ1v) is 10.7. The van der Waals surface area contributed by atoms with Gasteiger partial charge in [0, 0.05) is 19.0 Å². The summed E-state index contributed by atoms with van der Waals surface area (Å²) in [5, 5.41) is 2.71. The number of amides is 2. The lowest BCUT2D eigenvalue weighted by atomic mass is 9.77. The Bertz CT molecular complexity index is 809. The van der Waals surface area contributed by atoms with Crippen LogP contribution in [0.2, 0.25) is 0 Å². The number of methoxy groups -OCH3 is 1. The first-order valence-electron chi connectivity index (χ1n) is 10.7. The molecule has 1 aromatic carbocycles. The van der Waals surface area contributed by atoms with Crippen molar-refractivity contribution in [2.45, 2.75) is 52.5 Å². The summed E-state index contributed by atoms with van der Waals surface area (Å²) in [4.78, 5) is 39.2. The number of carbonyl (C=O) groups excluding carboxylic acids is 3. The van der Waals surface area contributed by atoms with Crippen molar-refractivity contribution >= 4 is 23.5 Å². The predicted molar refractivity (Wildman–Crippen MR) is 113 cm³/mol. The molecule has 2 fully saturated rings. The third-order valence-electron chi connectivity index (χ3n) is 6.53. The summed E-state index contributed by atoms with van der Waals surface area (Å²) < 4.78 is 10.5. The van der Waals surface area contributed by atoms with Gasteiger partial charge in [-0.2, -0.15) is 0 Å². The highest BCUT2D eigenvalue weighted by atomic mass is 16.5. The Hall–Kier alpha value is -2.57. The Labute approximate surface area is 178 Å². The number of aryl methyl sites for hydroxylation is 1. The zero-order valence-corrected chi connectivity index (χ0v) is 18.3. The number of hydrogen-bond acceptors (Lipinski definition) is 5. The molecule has 164 valence electrons. The number of anilines is 1. The van der Waals surface area contributed by atoms with Crippen LogP contribution in [0, 0.1) is 24.7 Å². The highest BCUT2D eigenvalue weighted by Gasteiger charge is 2.42. The fourth-order valence-corrected chi connectivity index (χ4v) is 4.56. The van der Waals surface area contributed by atoms with Gasteiger partial charge in [-0.15, -0.1) is 0 Å². The van der Waals surface area contributed by atoms with E-state index in [0.29, 0.717) is 29.8 Å². The van der Waals surface area contributed by atoms with E-state index in [1.165, 1.54) is 13.5 Å². The van der Waals surface area contributed by atoms with Crippen molar-refractivity contribution in [2.75, 3.05) is 25.6 Å². The number of likely N-dealkylation sites (tertiary alicyclic amines) is 1. The summed E-state index contributed by atoms with van der Waals surface area (Å²) in [5.74, 6) is 0.0996. The van der Waals surface area contributed by atoms with Gasteiger partial charge in [0.1, 0.15) is 5.75 Å². The molecule has 1 heterocycles. The van der Waals surface area contributed by atoms with Crippen molar-refractivity contribution in [3.63, 3.8) is 0 Å². The van der Waals surface area contributed by atoms with E-state index >= 15 is 0 Å². The zero-order valence-electron chi connectivity index (χ0n) is 18.3. The SMILES string of the molecule is COc1ccc(C)cc1NC(=O)COC(=O)[C@H]1CC(=O)N([C@H]2CCC[C@H](C)[C@@H]2C)C1. The van der Waals surface area contributed by atoms with E-state index in [1.807, 2.05) is 17.9 Å². The number of esters is 1. The molecular weight excluding hydrogens is 384 g/mol. The Morgan fingerprint density at radius 1 is 1.23 bits per heavy atom. The third-order valence-corrected chi connectivity index (χ3v) is 6.53. The van der Waals surface area contributed by atoms with Gasteiger partial charge in [-0.3, -0.25) is 14.4 Å². The number of rotatable bonds is 6. The molecule has 7 nitrogen and oxygen atoms in total. The fourth-order valence-electron chi connectivity index (χ4n) is 4.56. The van der Waals surface area contributed by atoms with Crippen LogP contribution in [-0.2, 0) is 19.1 Å². The van der Waals surface area contributed by atoms with Crippen molar-refractivity contribution in [1.29, 1.82) is 0 Å². The molecule has 2 aliphatic rings. The monoisotopic (exact) mass is 416 g/mol. The van der Waals surface area contributed by atoms with Crippen molar-refractivity contribution < 1.29 is 23.9 Å². The van der Waals surface area contributed by atoms with Crippen molar-refractivity contribution in [2.24, 2.45) is 17.8 Å². The topological polar surface area (TPSA) is 84.9 Å². The van der Waals surface area contributed by atoms with Gasteiger partial charge in [0.05, 0.1) is 18.7 Å². The molecule has 1 saturated heterocycles. The average Bonchev–Trinajstić information content (AvgIpc) is 3.10. The molecular formula is C23H32N2O5. The van der Waals surface area contributed by atoms with E-state index in [2.05, 4.69) is 19.2 Å². The van der Waals surface area contributed by atoms with E-state index < -0.39 is 24.4 Å². The first-order chi connectivity index (χ1) is 14.3. The molecule has 0 unspecified atom stereocenters. The lowest BCUT2D eigenvalue weighted by Crippen LogP contribution is -2.45. The highest BCUT2D eigenvalue weighted by molar-refractivity contribution is 5.95. The molecule has 0 bridgehead atoms. The second-order valence-corrected chi connectivity index (χ2v) is 8.64. The van der Waals surface area contributed by atoms with E-state index in [-0.39, 0.29) is 18.4 Å². The molecule has 1 aliphatic carbocycles. The number of carbonyl (C=O) groups is 3. The van der Waals surface area contributed by atoms with Gasteiger partial charge in [-0.05, 0) is 42.9 Å². The van der Waals surface area contributed by atoms with Gasteiger partial charge in [0.15, 0.2) is 6.61 Å². The Morgan fingerprint density at radius 2 is 2.00 bits per heavy atom. The van der Waals surface area contributed by atoms with Gasteiger partial charge in [-0.25, -0.2) is 0 Å². The van der Waals surface area contributed by atoms with Gasteiger partial charge in [0.25, 0.3) is 5.91 Å². The van der Waals surface area contributed by atoms with Crippen LogP contribution in [0.4, 0.5) is 5.69 Å². The summed E-state index contributed by atoms with van der Waals surface area (Å²) in [6.07, 6.45) is 3.44. The minimum atomic E-state index is -0.511. The summed E-state index contributed by atoms with van der Waals surface area (Å²) in [5.41, 5.74) is 1.50. The Balaban J connectivity index is 1.52. The summed E-state index contributed by atoms with van der Waals surface area (Å²) in [7, 11) is 1.52. The molecule has 1 aliphatic heterocycles. The van der Waals surface area contributed by atoms with E-state index in [9.17, 15) is 14.4 Å². The van der Waals surface area contributed by atoms with Gasteiger partial charge < -0.3 is 19.7 Å². The molecule has 30 heavy (non-hydrogen) atoms. The summed E-state index contributed by atoms with van der Waals surface area (Å²) in [6, 6.07) is 5.63. The maximum absolute atomic E-state index is 12.5. The second-order valence-electron chi connectivity index (χ2n) is 8.64. The molecule has 1 aromatic rings. The molecule has 2 amide bonds. The molecule has 3 rings (SSSR count). The maximum atomic E-state index is 12.5. The van der Waals surface area contributed by atoms with Crippen molar-refractivity contribution in [3.8, 4) is 5.75 Å². The second kappa shape index (κ2) is 9.49. The van der Waals surface area contributed by atoms with Crippen LogP contribution in [0.15, 0.2) is 18.2 Å². The average molecular weight is 417 g/mol. The number of nitrogens with zero attached hydrogens (tertiary/aromatic N) is 1. The van der Waals surface area contributed by atoms with Gasteiger partial charge in [-0.1, -0.05) is 32.8 Å². The molecule has 4 atom stereocenters. The van der Waals surface area contributed by atoms with Gasteiger partial charge >= 0.3 is 5.97 Å². The van der Waals surface area contributed by atoms with Crippen LogP contribution >= 0.6 is 0 Å². The van der Waals surface area contributed by atoms with E-state index in [4.69, 9.17) is 9.47 Å². The third kappa shape index (κ3) is 4.94. The van der Waals surface area contributed by atoms with Crippen LogP contribution < -0.4 is 10.1 Å². The standard InChI is InChI=1S/C23H32N2O5/c1-14-8-9-20(29-4)18(10-14)24-21(26)13-30-23(28)17-11-22(27)25(12-17)19-7-5-6-15(2)16(19)3/h8-10,15-17,19H,5-7,11-13H2,1-4H3,(H,24,26)/t15-,16-,17-,19-/m0/s1. The van der Waals surface area contributed by atoms with E-state index in [0.717, 1.165) is 18.4 Å². The van der Waals surface area contributed by atoms with Gasteiger partial charge in [0.2, 0.25) is 5.91 Å². The number of hydrogen-bond donors (Lipinski definition) is 1. The fraction of sp³-hybridized carbons (Fsp3) is 0.609. The number of ether oxygens (including phenoxy) is 2. The van der Waals surface area contributed by atoms with Crippen LogP contribution in [0.3, 0.4) is 0 Å². The highest BCUT2D eigenvalue weighted by Crippen LogP contribution is 2.36. The number of nitrogens with one attached hydrogen (secondary N) is 1. The van der Waals surface area contributed by atoms with Crippen LogP contribution in [-0.4, -0.2) is 49.0 Å². The summed E-state index contributed by atoms with van der Waals surface area (Å²) >= 11 is 0. The molecule has 7 heteroatoms. The minimum absolute atomic E-state index is 0.0110. The quantitative estimate of drug-likeness (QED) is 0.720. The Kier molecular flexibility index (Phi) is 7.00. The molecule has 0 spiro atoms. The van der Waals surface area contributed by atoms with Crippen molar-refractivity contribution in [3.05, 3.63) is 23.8 Å². The smallest absolute Gasteiger partial charge is 0.311 e. The predicted octanol–water partition coefficient (Wildman–Crippen LogP) is 3.16. The number of benzene rings is 1. The minimum Gasteiger partial charge on any atom is -0.495 e. The summed E-state index contributed by atoms with van der Waals surface area (Å²) in [6.45, 7) is 6.32. The molecule has 1 N–H and O–H groups in total. The molecule has 1 saturated carbocycles. The van der Waals surface area contributed by atoms with Crippen LogP contribution in [0.5, 0.6) is 5.75 Å². The molecule has 0 radical (unpaired) electrons.